The summed E-state index contributed by atoms with van der Waals surface area (Å²) in [7, 11) is 3.18. The van der Waals surface area contributed by atoms with E-state index in [2.05, 4.69) is 18.7 Å². The summed E-state index contributed by atoms with van der Waals surface area (Å²) in [6, 6.07) is 13.9. The van der Waals surface area contributed by atoms with Crippen molar-refractivity contribution in [3.05, 3.63) is 71.8 Å². The number of methoxy groups -OCH3 is 2. The topological polar surface area (TPSA) is 64.8 Å². The molecule has 28 heavy (non-hydrogen) atoms. The SMILES string of the molecule is C=CCc1cc(C(=O)N2C[C@@H](CN)[C@H](c3ccccc3)C2)cc(OC)c1OC. The highest BCUT2D eigenvalue weighted by Gasteiger charge is 2.36. The molecular formula is C23H28N2O3. The van der Waals surface area contributed by atoms with Gasteiger partial charge < -0.3 is 20.1 Å². The van der Waals surface area contributed by atoms with E-state index in [0.717, 1.165) is 5.56 Å². The van der Waals surface area contributed by atoms with Crippen molar-refractivity contribution >= 4 is 5.91 Å². The number of likely N-dealkylation sites (tertiary alicyclic amines) is 1. The minimum atomic E-state index is -0.0110. The highest BCUT2D eigenvalue weighted by atomic mass is 16.5. The van der Waals surface area contributed by atoms with Crippen LogP contribution in [0, 0.1) is 5.92 Å². The predicted octanol–water partition coefficient (Wildman–Crippen LogP) is 3.25. The number of nitrogens with zero attached hydrogens (tertiary/aromatic N) is 1. The van der Waals surface area contributed by atoms with Gasteiger partial charge in [-0.3, -0.25) is 4.79 Å². The van der Waals surface area contributed by atoms with Crippen LogP contribution < -0.4 is 15.2 Å². The lowest BCUT2D eigenvalue weighted by Crippen LogP contribution is -2.30. The maximum atomic E-state index is 13.3. The van der Waals surface area contributed by atoms with Crippen molar-refractivity contribution in [2.24, 2.45) is 11.7 Å². The zero-order valence-electron chi connectivity index (χ0n) is 16.6. The lowest BCUT2D eigenvalue weighted by Gasteiger charge is -2.19. The van der Waals surface area contributed by atoms with Crippen molar-refractivity contribution in [1.29, 1.82) is 0 Å². The van der Waals surface area contributed by atoms with Crippen molar-refractivity contribution in [2.45, 2.75) is 12.3 Å². The van der Waals surface area contributed by atoms with Crippen LogP contribution in [0.1, 0.15) is 27.4 Å². The van der Waals surface area contributed by atoms with E-state index in [1.165, 1.54) is 5.56 Å². The van der Waals surface area contributed by atoms with Gasteiger partial charge in [-0.05, 0) is 36.6 Å². The number of nitrogens with two attached hydrogens (primary N) is 1. The average molecular weight is 380 g/mol. The molecule has 1 heterocycles. The van der Waals surface area contributed by atoms with Gasteiger partial charge in [0.2, 0.25) is 0 Å². The number of ether oxygens (including phenoxy) is 2. The maximum absolute atomic E-state index is 13.3. The number of rotatable bonds is 7. The summed E-state index contributed by atoms with van der Waals surface area (Å²) in [5.74, 6) is 1.69. The third-order valence-electron chi connectivity index (χ3n) is 5.43. The molecule has 148 valence electrons. The van der Waals surface area contributed by atoms with Crippen LogP contribution in [-0.4, -0.2) is 44.7 Å². The lowest BCUT2D eigenvalue weighted by molar-refractivity contribution is 0.0786. The summed E-state index contributed by atoms with van der Waals surface area (Å²) in [5.41, 5.74) is 8.73. The quantitative estimate of drug-likeness (QED) is 0.749. The van der Waals surface area contributed by atoms with Crippen molar-refractivity contribution < 1.29 is 14.3 Å². The molecule has 0 aromatic heterocycles. The van der Waals surface area contributed by atoms with Gasteiger partial charge in [-0.1, -0.05) is 36.4 Å². The molecule has 0 saturated carbocycles. The first-order valence-electron chi connectivity index (χ1n) is 9.53. The number of hydrogen-bond acceptors (Lipinski definition) is 4. The van der Waals surface area contributed by atoms with Crippen LogP contribution in [0.3, 0.4) is 0 Å². The van der Waals surface area contributed by atoms with E-state index in [0.29, 0.717) is 43.1 Å². The minimum absolute atomic E-state index is 0.0110. The van der Waals surface area contributed by atoms with Gasteiger partial charge in [0.15, 0.2) is 11.5 Å². The minimum Gasteiger partial charge on any atom is -0.493 e. The van der Waals surface area contributed by atoms with Gasteiger partial charge >= 0.3 is 0 Å². The summed E-state index contributed by atoms with van der Waals surface area (Å²) in [6.07, 6.45) is 2.38. The molecule has 1 amide bonds. The fourth-order valence-corrected chi connectivity index (χ4v) is 4.01. The third kappa shape index (κ3) is 3.90. The largest absolute Gasteiger partial charge is 0.493 e. The molecule has 2 aromatic carbocycles. The number of benzene rings is 2. The Morgan fingerprint density at radius 3 is 2.57 bits per heavy atom. The standard InChI is InChI=1S/C23H28N2O3/c1-4-8-17-11-18(12-21(27-2)22(17)28-3)23(26)25-14-19(13-24)20(15-25)16-9-6-5-7-10-16/h4-7,9-12,19-20H,1,8,13-15,24H2,2-3H3/t19-,20+/m1/s1. The van der Waals surface area contributed by atoms with Crippen molar-refractivity contribution in [2.75, 3.05) is 33.9 Å². The molecule has 2 N–H and O–H groups in total. The molecule has 1 aliphatic rings. The Balaban J connectivity index is 1.89. The first-order chi connectivity index (χ1) is 13.6. The van der Waals surface area contributed by atoms with Crippen LogP contribution in [0.25, 0.3) is 0 Å². The Bertz CT molecular complexity index is 835. The van der Waals surface area contributed by atoms with Crippen LogP contribution in [0.5, 0.6) is 11.5 Å². The molecule has 0 radical (unpaired) electrons. The first kappa shape index (κ1) is 20.0. The van der Waals surface area contributed by atoms with E-state index in [-0.39, 0.29) is 17.7 Å². The van der Waals surface area contributed by atoms with Crippen LogP contribution >= 0.6 is 0 Å². The number of amides is 1. The van der Waals surface area contributed by atoms with E-state index in [4.69, 9.17) is 15.2 Å². The molecule has 1 saturated heterocycles. The van der Waals surface area contributed by atoms with E-state index in [9.17, 15) is 4.79 Å². The smallest absolute Gasteiger partial charge is 0.254 e. The van der Waals surface area contributed by atoms with Gasteiger partial charge in [-0.2, -0.15) is 0 Å². The number of carbonyl (C=O) groups excluding carboxylic acids is 1. The highest BCUT2D eigenvalue weighted by molar-refractivity contribution is 5.95. The molecular weight excluding hydrogens is 352 g/mol. The number of carbonyl (C=O) groups is 1. The van der Waals surface area contributed by atoms with Crippen LogP contribution in [0.2, 0.25) is 0 Å². The fourth-order valence-electron chi connectivity index (χ4n) is 4.01. The molecule has 5 nitrogen and oxygen atoms in total. The molecule has 2 aromatic rings. The van der Waals surface area contributed by atoms with E-state index in [1.54, 1.807) is 26.4 Å². The predicted molar refractivity (Wildman–Crippen MR) is 111 cm³/mol. The normalized spacial score (nSPS) is 18.8. The number of allylic oxidation sites excluding steroid dienone is 1. The summed E-state index contributed by atoms with van der Waals surface area (Å²) < 4.78 is 10.9. The molecule has 5 heteroatoms. The monoisotopic (exact) mass is 380 g/mol. The van der Waals surface area contributed by atoms with Crippen LogP contribution in [0.4, 0.5) is 0 Å². The van der Waals surface area contributed by atoms with E-state index >= 15 is 0 Å². The molecule has 3 rings (SSSR count). The summed E-state index contributed by atoms with van der Waals surface area (Å²) in [5, 5.41) is 0. The van der Waals surface area contributed by atoms with Gasteiger partial charge in [-0.25, -0.2) is 0 Å². The van der Waals surface area contributed by atoms with Gasteiger partial charge in [0.05, 0.1) is 14.2 Å². The molecule has 1 aliphatic heterocycles. The lowest BCUT2D eigenvalue weighted by atomic mass is 9.89. The second-order valence-electron chi connectivity index (χ2n) is 7.09. The zero-order valence-corrected chi connectivity index (χ0v) is 16.6. The Kier molecular flexibility index (Phi) is 6.37. The second-order valence-corrected chi connectivity index (χ2v) is 7.09. The van der Waals surface area contributed by atoms with Gasteiger partial charge in [0, 0.05) is 30.1 Å². The Morgan fingerprint density at radius 1 is 1.21 bits per heavy atom. The van der Waals surface area contributed by atoms with Gasteiger partial charge in [0.1, 0.15) is 0 Å². The Labute approximate surface area is 166 Å². The average Bonchev–Trinajstić information content (AvgIpc) is 3.18. The summed E-state index contributed by atoms with van der Waals surface area (Å²) >= 11 is 0. The zero-order chi connectivity index (χ0) is 20.1. The molecule has 0 bridgehead atoms. The summed E-state index contributed by atoms with van der Waals surface area (Å²) in [6.45, 7) is 5.67. The van der Waals surface area contributed by atoms with Crippen molar-refractivity contribution in [1.82, 2.24) is 4.90 Å². The molecule has 1 fully saturated rings. The van der Waals surface area contributed by atoms with Crippen LogP contribution in [-0.2, 0) is 6.42 Å². The van der Waals surface area contributed by atoms with Gasteiger partial charge in [0.25, 0.3) is 5.91 Å². The number of hydrogen-bond donors (Lipinski definition) is 1. The second kappa shape index (κ2) is 8.93. The molecule has 0 aliphatic carbocycles. The maximum Gasteiger partial charge on any atom is 0.254 e. The molecule has 2 atom stereocenters. The highest BCUT2D eigenvalue weighted by Crippen LogP contribution is 2.36. The molecule has 0 unspecified atom stereocenters. The molecule has 0 spiro atoms. The van der Waals surface area contributed by atoms with Crippen molar-refractivity contribution in [3.63, 3.8) is 0 Å². The van der Waals surface area contributed by atoms with E-state index in [1.807, 2.05) is 29.2 Å². The fraction of sp³-hybridized carbons (Fsp3) is 0.348. The van der Waals surface area contributed by atoms with E-state index < -0.39 is 0 Å². The van der Waals surface area contributed by atoms with Gasteiger partial charge in [-0.15, -0.1) is 6.58 Å². The van der Waals surface area contributed by atoms with Crippen molar-refractivity contribution in [3.8, 4) is 11.5 Å². The summed E-state index contributed by atoms with van der Waals surface area (Å²) in [4.78, 5) is 15.2. The third-order valence-corrected chi connectivity index (χ3v) is 5.43. The Hall–Kier alpha value is -2.79. The first-order valence-corrected chi connectivity index (χ1v) is 9.53. The van der Waals surface area contributed by atoms with Crippen LogP contribution in [0.15, 0.2) is 55.1 Å². The Morgan fingerprint density at radius 2 is 1.96 bits per heavy atom.